The van der Waals surface area contributed by atoms with E-state index in [0.29, 0.717) is 0 Å². The first-order chi connectivity index (χ1) is 1.73. The van der Waals surface area contributed by atoms with E-state index in [-0.39, 0.29) is 12.4 Å². The summed E-state index contributed by atoms with van der Waals surface area (Å²) in [5.41, 5.74) is 0. The zero-order chi connectivity index (χ0) is 3.58. The SMILES string of the molecule is C[CH](C)[GaH2].Cl. The van der Waals surface area contributed by atoms with Crippen LogP contribution in [0.2, 0.25) is 4.47 Å². The van der Waals surface area contributed by atoms with Gasteiger partial charge in [-0.2, -0.15) is 0 Å². The Morgan fingerprint density at radius 1 is 1.40 bits per heavy atom. The summed E-state index contributed by atoms with van der Waals surface area (Å²) in [6, 6.07) is 0. The molecular weight excluding hydrogens is 141 g/mol. The van der Waals surface area contributed by atoms with Gasteiger partial charge >= 0.3 is 36.9 Å². The summed E-state index contributed by atoms with van der Waals surface area (Å²) in [5, 5.41) is 0. The fourth-order valence-corrected chi connectivity index (χ4v) is 0. The van der Waals surface area contributed by atoms with Gasteiger partial charge in [0.2, 0.25) is 0 Å². The Bertz CT molecular complexity index is 11.6. The molecule has 0 aromatic carbocycles. The van der Waals surface area contributed by atoms with Gasteiger partial charge in [0.15, 0.2) is 0 Å². The summed E-state index contributed by atoms with van der Waals surface area (Å²) in [6.45, 7) is 4.50. The smallest absolute Gasteiger partial charge is 0.147 e. The number of hydrogen-bond acceptors (Lipinski definition) is 0. The second-order valence-electron chi connectivity index (χ2n) is 1.73. The van der Waals surface area contributed by atoms with Crippen molar-refractivity contribution in [2.24, 2.45) is 0 Å². The van der Waals surface area contributed by atoms with E-state index in [2.05, 4.69) is 13.8 Å². The Kier molecular flexibility index (Phi) is 9.19. The van der Waals surface area contributed by atoms with Crippen LogP contribution >= 0.6 is 12.4 Å². The van der Waals surface area contributed by atoms with Gasteiger partial charge in [0, 0.05) is 0 Å². The molecule has 0 radical (unpaired) electrons. The van der Waals surface area contributed by atoms with Crippen molar-refractivity contribution < 1.29 is 0 Å². The van der Waals surface area contributed by atoms with E-state index in [4.69, 9.17) is 0 Å². The monoisotopic (exact) mass is 150 g/mol. The van der Waals surface area contributed by atoms with Gasteiger partial charge in [-0.1, -0.05) is 0 Å². The first kappa shape index (κ1) is 9.33. The summed E-state index contributed by atoms with van der Waals surface area (Å²) < 4.78 is 1.02. The van der Waals surface area contributed by atoms with Crippen LogP contribution in [0.3, 0.4) is 0 Å². The van der Waals surface area contributed by atoms with Crippen LogP contribution in [-0.4, -0.2) is 18.6 Å². The number of rotatable bonds is 0. The van der Waals surface area contributed by atoms with Gasteiger partial charge in [-0.05, 0) is 0 Å². The second kappa shape index (κ2) is 4.93. The predicted octanol–water partition coefficient (Wildman–Crippen LogP) is 0.870. The van der Waals surface area contributed by atoms with Crippen LogP contribution in [0.1, 0.15) is 13.8 Å². The van der Waals surface area contributed by atoms with Crippen LogP contribution < -0.4 is 0 Å². The van der Waals surface area contributed by atoms with E-state index >= 15 is 0 Å². The maximum Gasteiger partial charge on any atom is -0.147 e. The Morgan fingerprint density at radius 3 is 1.40 bits per heavy atom. The molecule has 5 heavy (non-hydrogen) atoms. The van der Waals surface area contributed by atoms with Gasteiger partial charge in [0.1, 0.15) is 0 Å². The molecule has 0 rings (SSSR count). The minimum Gasteiger partial charge on any atom is -0.147 e. The minimum atomic E-state index is 0. The normalized spacial score (nSPS) is 7.00. The fourth-order valence-electron chi connectivity index (χ4n) is 0. The predicted molar refractivity (Wildman–Crippen MR) is 30.9 cm³/mol. The van der Waals surface area contributed by atoms with Gasteiger partial charge in [-0.25, -0.2) is 0 Å². The molecule has 0 aliphatic carbocycles. The first-order valence-electron chi connectivity index (χ1n) is 1.73. The molecule has 0 N–H and O–H groups in total. The van der Waals surface area contributed by atoms with Gasteiger partial charge in [0.05, 0.1) is 0 Å². The van der Waals surface area contributed by atoms with E-state index in [1.807, 2.05) is 0 Å². The molecule has 0 bridgehead atoms. The zero-order valence-corrected chi connectivity index (χ0v) is 9.00. The molecule has 0 aromatic heterocycles. The molecule has 0 saturated heterocycles. The molecule has 0 nitrogen and oxygen atoms in total. The Morgan fingerprint density at radius 2 is 1.40 bits per heavy atom. The van der Waals surface area contributed by atoms with Crippen LogP contribution in [0.15, 0.2) is 0 Å². The zero-order valence-electron chi connectivity index (χ0n) is 3.99. The quantitative estimate of drug-likeness (QED) is 0.451. The van der Waals surface area contributed by atoms with Gasteiger partial charge in [-0.3, -0.25) is 0 Å². The van der Waals surface area contributed by atoms with E-state index in [0.717, 1.165) is 23.1 Å². The molecule has 0 unspecified atom stereocenters. The maximum atomic E-state index is 2.25. The van der Waals surface area contributed by atoms with Gasteiger partial charge in [0.25, 0.3) is 0 Å². The standard InChI is InChI=1S/C3H7.ClH.Ga.2H/c1-3-2;;;;/h3H,1-2H3;1H;;;. The molecule has 32 valence electrons. The molecule has 0 fully saturated rings. The maximum absolute atomic E-state index is 2.25. The van der Waals surface area contributed by atoms with Crippen molar-refractivity contribution in [2.75, 3.05) is 0 Å². The van der Waals surface area contributed by atoms with Gasteiger partial charge in [-0.15, -0.1) is 12.4 Å². The fraction of sp³-hybridized carbons (Fsp3) is 1.00. The molecule has 0 amide bonds. The van der Waals surface area contributed by atoms with Crippen molar-refractivity contribution in [3.05, 3.63) is 0 Å². The second-order valence-corrected chi connectivity index (χ2v) is 6.58. The third-order valence-corrected chi connectivity index (χ3v) is 0. The third kappa shape index (κ3) is 49.2. The van der Waals surface area contributed by atoms with E-state index < -0.39 is 0 Å². The topological polar surface area (TPSA) is 0 Å². The average Bonchev–Trinajstić information content (AvgIpc) is 0.811. The number of hydrogen-bond donors (Lipinski definition) is 0. The van der Waals surface area contributed by atoms with E-state index in [1.54, 1.807) is 0 Å². The Hall–Kier alpha value is 0.926. The summed E-state index contributed by atoms with van der Waals surface area (Å²) in [6.07, 6.45) is 0. The van der Waals surface area contributed by atoms with E-state index in [9.17, 15) is 0 Å². The van der Waals surface area contributed by atoms with Crippen LogP contribution in [0.5, 0.6) is 0 Å². The summed E-state index contributed by atoms with van der Waals surface area (Å²) in [7, 11) is 0. The molecule has 0 heterocycles. The number of halogens is 1. The van der Waals surface area contributed by atoms with Crippen LogP contribution in [0, 0.1) is 0 Å². The van der Waals surface area contributed by atoms with Crippen molar-refractivity contribution in [2.45, 2.75) is 18.3 Å². The minimum absolute atomic E-state index is 0. The van der Waals surface area contributed by atoms with E-state index in [1.165, 1.54) is 0 Å². The van der Waals surface area contributed by atoms with Crippen molar-refractivity contribution >= 4 is 31.0 Å². The third-order valence-electron chi connectivity index (χ3n) is 0. The van der Waals surface area contributed by atoms with Crippen molar-refractivity contribution in [1.29, 1.82) is 0 Å². The molecule has 2 heteroatoms. The summed E-state index contributed by atoms with van der Waals surface area (Å²) >= 11 is 1.06. The van der Waals surface area contributed by atoms with Gasteiger partial charge < -0.3 is 0 Å². The van der Waals surface area contributed by atoms with Crippen LogP contribution in [-0.2, 0) is 0 Å². The molecule has 0 aliphatic heterocycles. The summed E-state index contributed by atoms with van der Waals surface area (Å²) in [4.78, 5) is 0. The molecule has 0 spiro atoms. The van der Waals surface area contributed by atoms with Crippen molar-refractivity contribution in [1.82, 2.24) is 0 Å². The molecular formula is C3H10ClGa. The molecule has 0 aliphatic rings. The average molecular weight is 151 g/mol. The molecule has 0 atom stereocenters. The Balaban J connectivity index is 0. The molecule has 0 saturated carbocycles. The van der Waals surface area contributed by atoms with Crippen LogP contribution in [0.4, 0.5) is 0 Å². The largest absolute Gasteiger partial charge is 0.147 e. The first-order valence-corrected chi connectivity index (χ1v) is 4.15. The van der Waals surface area contributed by atoms with Crippen molar-refractivity contribution in [3.8, 4) is 0 Å². The van der Waals surface area contributed by atoms with Crippen molar-refractivity contribution in [3.63, 3.8) is 0 Å². The Labute approximate surface area is 49.7 Å². The molecule has 0 aromatic rings. The van der Waals surface area contributed by atoms with Crippen LogP contribution in [0.25, 0.3) is 0 Å². The summed E-state index contributed by atoms with van der Waals surface area (Å²) in [5.74, 6) is 0.